The van der Waals surface area contributed by atoms with E-state index in [-0.39, 0.29) is 18.3 Å². The van der Waals surface area contributed by atoms with Crippen LogP contribution in [0.2, 0.25) is 5.02 Å². The van der Waals surface area contributed by atoms with Gasteiger partial charge in [-0.1, -0.05) is 35.5 Å². The number of benzene rings is 1. The SMILES string of the molecule is CCn1c(COc2ccccc2Cl)nnc1SCC(=O)NCc1ccco1. The Morgan fingerprint density at radius 2 is 2.15 bits per heavy atom. The van der Waals surface area contributed by atoms with Crippen LogP contribution in [0.15, 0.2) is 52.2 Å². The summed E-state index contributed by atoms with van der Waals surface area (Å²) in [6.07, 6.45) is 1.58. The van der Waals surface area contributed by atoms with Crippen molar-refractivity contribution in [2.75, 3.05) is 5.75 Å². The van der Waals surface area contributed by atoms with E-state index in [1.165, 1.54) is 11.8 Å². The Morgan fingerprint density at radius 1 is 1.30 bits per heavy atom. The standard InChI is InChI=1S/C18H19ClN4O3S/c1-2-23-16(11-26-15-8-4-3-7-14(15)19)21-22-18(23)27-12-17(24)20-10-13-6-5-9-25-13/h3-9H,2,10-12H2,1H3,(H,20,24). The van der Waals surface area contributed by atoms with Gasteiger partial charge >= 0.3 is 0 Å². The topological polar surface area (TPSA) is 82.2 Å². The molecule has 0 aliphatic heterocycles. The summed E-state index contributed by atoms with van der Waals surface area (Å²) in [6.45, 7) is 3.27. The lowest BCUT2D eigenvalue weighted by Crippen LogP contribution is -2.24. The number of nitrogens with zero attached hydrogens (tertiary/aromatic N) is 3. The highest BCUT2D eigenvalue weighted by atomic mass is 35.5. The minimum atomic E-state index is -0.101. The average Bonchev–Trinajstić information content (AvgIpc) is 3.33. The van der Waals surface area contributed by atoms with Crippen LogP contribution in [-0.2, 0) is 24.5 Å². The summed E-state index contributed by atoms with van der Waals surface area (Å²) in [4.78, 5) is 12.0. The lowest BCUT2D eigenvalue weighted by Gasteiger charge is -2.09. The van der Waals surface area contributed by atoms with E-state index in [4.69, 9.17) is 20.8 Å². The number of ether oxygens (including phenoxy) is 1. The second-order valence-electron chi connectivity index (χ2n) is 5.51. The number of hydrogen-bond acceptors (Lipinski definition) is 6. The molecule has 0 saturated carbocycles. The van der Waals surface area contributed by atoms with Gasteiger partial charge in [0.2, 0.25) is 5.91 Å². The summed E-state index contributed by atoms with van der Waals surface area (Å²) >= 11 is 7.43. The number of nitrogens with one attached hydrogen (secondary N) is 1. The Balaban J connectivity index is 1.53. The van der Waals surface area contributed by atoms with Gasteiger partial charge in [0.15, 0.2) is 11.0 Å². The summed E-state index contributed by atoms with van der Waals surface area (Å²) in [6, 6.07) is 10.9. The fourth-order valence-electron chi connectivity index (χ4n) is 2.33. The third-order valence-corrected chi connectivity index (χ3v) is 4.95. The maximum Gasteiger partial charge on any atom is 0.230 e. The van der Waals surface area contributed by atoms with E-state index in [1.54, 1.807) is 24.5 Å². The van der Waals surface area contributed by atoms with Gasteiger partial charge in [0.1, 0.15) is 18.1 Å². The molecule has 1 amide bonds. The van der Waals surface area contributed by atoms with Gasteiger partial charge in [-0.2, -0.15) is 0 Å². The number of carbonyl (C=O) groups excluding carboxylic acids is 1. The molecule has 3 rings (SSSR count). The van der Waals surface area contributed by atoms with E-state index < -0.39 is 0 Å². The van der Waals surface area contributed by atoms with Crippen LogP contribution in [0.1, 0.15) is 18.5 Å². The first-order chi connectivity index (χ1) is 13.2. The molecular weight excluding hydrogens is 388 g/mol. The van der Waals surface area contributed by atoms with Crippen molar-refractivity contribution in [3.63, 3.8) is 0 Å². The van der Waals surface area contributed by atoms with Gasteiger partial charge in [0.05, 0.1) is 23.6 Å². The first-order valence-electron chi connectivity index (χ1n) is 8.38. The first-order valence-corrected chi connectivity index (χ1v) is 9.75. The van der Waals surface area contributed by atoms with Crippen molar-refractivity contribution >= 4 is 29.3 Å². The largest absolute Gasteiger partial charge is 0.484 e. The van der Waals surface area contributed by atoms with Crippen molar-refractivity contribution < 1.29 is 13.9 Å². The smallest absolute Gasteiger partial charge is 0.230 e. The van der Waals surface area contributed by atoms with Gasteiger partial charge in [0, 0.05) is 6.54 Å². The predicted octanol–water partition coefficient (Wildman–Crippen LogP) is 3.53. The lowest BCUT2D eigenvalue weighted by atomic mass is 10.3. The van der Waals surface area contributed by atoms with E-state index in [0.717, 1.165) is 0 Å². The molecule has 1 aromatic carbocycles. The Morgan fingerprint density at radius 3 is 2.89 bits per heavy atom. The van der Waals surface area contributed by atoms with Gasteiger partial charge in [0.25, 0.3) is 0 Å². The maximum atomic E-state index is 12.0. The minimum absolute atomic E-state index is 0.101. The van der Waals surface area contributed by atoms with E-state index in [1.807, 2.05) is 29.7 Å². The number of hydrogen-bond donors (Lipinski definition) is 1. The number of para-hydroxylation sites is 1. The van der Waals surface area contributed by atoms with Crippen LogP contribution in [0.3, 0.4) is 0 Å². The van der Waals surface area contributed by atoms with Gasteiger partial charge in [-0.3, -0.25) is 4.79 Å². The molecule has 0 radical (unpaired) electrons. The number of thioether (sulfide) groups is 1. The molecule has 27 heavy (non-hydrogen) atoms. The van der Waals surface area contributed by atoms with E-state index in [0.29, 0.717) is 40.6 Å². The number of carbonyl (C=O) groups is 1. The summed E-state index contributed by atoms with van der Waals surface area (Å²) in [5, 5.41) is 12.4. The summed E-state index contributed by atoms with van der Waals surface area (Å²) in [5.41, 5.74) is 0. The van der Waals surface area contributed by atoms with Gasteiger partial charge in [-0.15, -0.1) is 10.2 Å². The Hall–Kier alpha value is -2.45. The van der Waals surface area contributed by atoms with Crippen LogP contribution in [0, 0.1) is 0 Å². The minimum Gasteiger partial charge on any atom is -0.484 e. The fraction of sp³-hybridized carbons (Fsp3) is 0.278. The summed E-state index contributed by atoms with van der Waals surface area (Å²) in [7, 11) is 0. The maximum absolute atomic E-state index is 12.0. The molecule has 0 unspecified atom stereocenters. The third-order valence-electron chi connectivity index (χ3n) is 3.68. The normalized spacial score (nSPS) is 10.7. The zero-order valence-electron chi connectivity index (χ0n) is 14.7. The lowest BCUT2D eigenvalue weighted by molar-refractivity contribution is -0.118. The molecule has 0 aliphatic carbocycles. The van der Waals surface area contributed by atoms with E-state index >= 15 is 0 Å². The number of halogens is 1. The van der Waals surface area contributed by atoms with Crippen molar-refractivity contribution in [1.82, 2.24) is 20.1 Å². The highest BCUT2D eigenvalue weighted by molar-refractivity contribution is 7.99. The molecule has 2 aromatic heterocycles. The predicted molar refractivity (Wildman–Crippen MR) is 103 cm³/mol. The monoisotopic (exact) mass is 406 g/mol. The Kier molecular flexibility index (Phi) is 6.78. The van der Waals surface area contributed by atoms with Gasteiger partial charge < -0.3 is 19.0 Å². The molecule has 9 heteroatoms. The second-order valence-corrected chi connectivity index (χ2v) is 6.86. The van der Waals surface area contributed by atoms with Crippen molar-refractivity contribution in [2.45, 2.75) is 31.8 Å². The Bertz CT molecular complexity index is 883. The van der Waals surface area contributed by atoms with E-state index in [9.17, 15) is 4.79 Å². The molecule has 0 atom stereocenters. The molecule has 142 valence electrons. The van der Waals surface area contributed by atoms with Crippen molar-refractivity contribution in [2.24, 2.45) is 0 Å². The summed E-state index contributed by atoms with van der Waals surface area (Å²) < 4.78 is 12.8. The van der Waals surface area contributed by atoms with E-state index in [2.05, 4.69) is 15.5 Å². The zero-order valence-corrected chi connectivity index (χ0v) is 16.3. The second kappa shape index (κ2) is 9.48. The van der Waals surface area contributed by atoms with Crippen molar-refractivity contribution in [3.8, 4) is 5.75 Å². The molecular formula is C18H19ClN4O3S. The number of aromatic nitrogens is 3. The average molecular weight is 407 g/mol. The fourth-order valence-corrected chi connectivity index (χ4v) is 3.38. The molecule has 0 bridgehead atoms. The molecule has 7 nitrogen and oxygen atoms in total. The quantitative estimate of drug-likeness (QED) is 0.547. The molecule has 0 fully saturated rings. The number of furan rings is 1. The van der Waals surface area contributed by atoms with Crippen LogP contribution >= 0.6 is 23.4 Å². The molecule has 0 aliphatic rings. The summed E-state index contributed by atoms with van der Waals surface area (Å²) in [5.74, 6) is 2.12. The number of rotatable bonds is 9. The highest BCUT2D eigenvalue weighted by Crippen LogP contribution is 2.24. The number of amides is 1. The zero-order chi connectivity index (χ0) is 19.1. The molecule has 0 spiro atoms. The first kappa shape index (κ1) is 19.3. The van der Waals surface area contributed by atoms with Crippen LogP contribution in [0.5, 0.6) is 5.75 Å². The Labute approximate surface area is 166 Å². The van der Waals surface area contributed by atoms with Crippen LogP contribution in [0.4, 0.5) is 0 Å². The van der Waals surface area contributed by atoms with Crippen LogP contribution in [0.25, 0.3) is 0 Å². The highest BCUT2D eigenvalue weighted by Gasteiger charge is 2.14. The van der Waals surface area contributed by atoms with Gasteiger partial charge in [-0.05, 0) is 31.2 Å². The molecule has 0 saturated heterocycles. The third kappa shape index (κ3) is 5.27. The van der Waals surface area contributed by atoms with Crippen molar-refractivity contribution in [1.29, 1.82) is 0 Å². The van der Waals surface area contributed by atoms with Gasteiger partial charge in [-0.25, -0.2) is 0 Å². The molecule has 1 N–H and O–H groups in total. The van der Waals surface area contributed by atoms with Crippen molar-refractivity contribution in [3.05, 3.63) is 59.3 Å². The van der Waals surface area contributed by atoms with Crippen LogP contribution in [-0.4, -0.2) is 26.4 Å². The van der Waals surface area contributed by atoms with Crippen LogP contribution < -0.4 is 10.1 Å². The molecule has 2 heterocycles. The molecule has 3 aromatic rings.